The second-order valence-corrected chi connectivity index (χ2v) is 21.7. The van der Waals surface area contributed by atoms with Crippen molar-refractivity contribution >= 4 is 69.1 Å². The van der Waals surface area contributed by atoms with Crippen LogP contribution in [0.1, 0.15) is 143 Å². The molecule has 1 saturated carbocycles. The van der Waals surface area contributed by atoms with Crippen LogP contribution in [0.4, 0.5) is 22.9 Å². The highest BCUT2D eigenvalue weighted by Crippen LogP contribution is 2.50. The predicted molar refractivity (Wildman–Crippen MR) is 273 cm³/mol. The van der Waals surface area contributed by atoms with Crippen LogP contribution in [0.2, 0.25) is 5.02 Å². The summed E-state index contributed by atoms with van der Waals surface area (Å²) < 4.78 is 31.0. The third-order valence-electron chi connectivity index (χ3n) is 12.9. The van der Waals surface area contributed by atoms with Crippen LogP contribution in [0, 0.1) is 45.3 Å². The lowest BCUT2D eigenvalue weighted by Crippen LogP contribution is -2.49. The molecule has 1 aliphatic carbocycles. The summed E-state index contributed by atoms with van der Waals surface area (Å²) in [5.41, 5.74) is -0.408. The highest BCUT2D eigenvalue weighted by molar-refractivity contribution is 7.79. The molecule has 3 aromatic carbocycles. The highest BCUT2D eigenvalue weighted by atomic mass is 35.5. The Morgan fingerprint density at radius 2 is 1.63 bits per heavy atom. The average molecular weight is 1010 g/mol. The molecule has 71 heavy (non-hydrogen) atoms. The number of ether oxygens (including phenoxy) is 2. The maximum absolute atomic E-state index is 14.9. The number of amides is 1. The summed E-state index contributed by atoms with van der Waals surface area (Å²) in [7, 11) is 0. The highest BCUT2D eigenvalue weighted by Gasteiger charge is 2.48. The normalized spacial score (nSPS) is 17.7. The summed E-state index contributed by atoms with van der Waals surface area (Å²) in [6.07, 6.45) is 8.66. The van der Waals surface area contributed by atoms with Crippen LogP contribution in [0.15, 0.2) is 70.9 Å². The van der Waals surface area contributed by atoms with Crippen molar-refractivity contribution in [2.75, 3.05) is 12.9 Å². The number of rotatable bonds is 19. The van der Waals surface area contributed by atoms with Crippen molar-refractivity contribution in [3.63, 3.8) is 0 Å². The lowest BCUT2D eigenvalue weighted by atomic mass is 9.59. The number of carbonyl (C=O) groups excluding carboxylic acids is 3. The molecule has 1 aliphatic rings. The molecular weight excluding hydrogens is 948 g/mol. The van der Waals surface area contributed by atoms with Crippen LogP contribution < -0.4 is 9.50 Å². The fourth-order valence-electron chi connectivity index (χ4n) is 9.19. The summed E-state index contributed by atoms with van der Waals surface area (Å²) in [6, 6.07) is 15.1. The van der Waals surface area contributed by atoms with E-state index in [1.165, 1.54) is 53.6 Å². The smallest absolute Gasteiger partial charge is 0.338 e. The minimum Gasteiger partial charge on any atom is -0.462 e. The monoisotopic (exact) mass is 1010 g/mol. The molecule has 17 nitrogen and oxygen atoms in total. The van der Waals surface area contributed by atoms with Gasteiger partial charge in [-0.05, 0) is 78.0 Å². The number of aromatic nitrogens is 3. The number of hydrogen-bond donors (Lipinski definition) is 2. The number of halogens is 1. The molecular formula is C52H63ClN8O9S. The second-order valence-electron chi connectivity index (χ2n) is 20.3. The van der Waals surface area contributed by atoms with Gasteiger partial charge < -0.3 is 19.0 Å². The van der Waals surface area contributed by atoms with E-state index in [2.05, 4.69) is 80.9 Å². The number of benzene rings is 3. The van der Waals surface area contributed by atoms with Crippen LogP contribution in [0.25, 0.3) is 21.9 Å². The van der Waals surface area contributed by atoms with Gasteiger partial charge in [0.05, 0.1) is 34.9 Å². The molecule has 0 saturated heterocycles. The van der Waals surface area contributed by atoms with Gasteiger partial charge >= 0.3 is 11.9 Å². The van der Waals surface area contributed by atoms with Crippen LogP contribution in [0.5, 0.6) is 5.75 Å². The quantitative estimate of drug-likeness (QED) is 0.0199. The van der Waals surface area contributed by atoms with E-state index >= 15 is 0 Å². The van der Waals surface area contributed by atoms with E-state index in [1.807, 2.05) is 0 Å². The maximum atomic E-state index is 14.9. The first-order valence-electron chi connectivity index (χ1n) is 23.9. The van der Waals surface area contributed by atoms with Gasteiger partial charge in [0, 0.05) is 36.3 Å². The molecule has 378 valence electrons. The SMILES string of the molecule is [C-]#[N+]c1c(C(=O)OC2C(C(C)(C)C)CC(C)CC2C(C)(C)C)c2nc(-c3ccc(Cl)c([N+](=O)[O-])c3)[nH]n2c1N=Nc1ccc(OS(C)=O)cc1C(=O)NCc1ccccc1C(=O)OCCCCCCCC. The van der Waals surface area contributed by atoms with E-state index in [9.17, 15) is 28.7 Å². The zero-order valence-corrected chi connectivity index (χ0v) is 43.4. The van der Waals surface area contributed by atoms with Crippen LogP contribution in [0.3, 0.4) is 0 Å². The molecule has 0 aliphatic heterocycles. The molecule has 19 heteroatoms. The first kappa shape index (κ1) is 53.9. The van der Waals surface area contributed by atoms with E-state index in [-0.39, 0.29) is 97.6 Å². The number of carbonyl (C=O) groups is 3. The Bertz CT molecular complexity index is 2850. The number of esters is 2. The fraction of sp³-hybridized carbons (Fsp3) is 0.481. The first-order valence-corrected chi connectivity index (χ1v) is 25.8. The Morgan fingerprint density at radius 3 is 2.28 bits per heavy atom. The van der Waals surface area contributed by atoms with Crippen LogP contribution in [-0.4, -0.2) is 60.5 Å². The Morgan fingerprint density at radius 1 is 0.958 bits per heavy atom. The molecule has 0 spiro atoms. The average Bonchev–Trinajstić information content (AvgIpc) is 3.86. The van der Waals surface area contributed by atoms with Crippen molar-refractivity contribution in [3.8, 4) is 17.1 Å². The number of H-pyrrole nitrogens is 1. The lowest BCUT2D eigenvalue weighted by molar-refractivity contribution is -0.384. The van der Waals surface area contributed by atoms with Gasteiger partial charge in [-0.3, -0.25) is 20.0 Å². The zero-order valence-electron chi connectivity index (χ0n) is 41.8. The van der Waals surface area contributed by atoms with Gasteiger partial charge in [-0.1, -0.05) is 117 Å². The number of aromatic amines is 1. The number of nitro groups is 1. The van der Waals surface area contributed by atoms with E-state index in [0.717, 1.165) is 44.9 Å². The van der Waals surface area contributed by atoms with Crippen molar-refractivity contribution in [3.05, 3.63) is 109 Å². The third-order valence-corrected chi connectivity index (χ3v) is 13.7. The number of nitro benzene ring substituents is 1. The Kier molecular flexibility index (Phi) is 17.6. The van der Waals surface area contributed by atoms with E-state index in [4.69, 9.17) is 36.8 Å². The molecule has 1 amide bonds. The van der Waals surface area contributed by atoms with Crippen LogP contribution in [-0.2, 0) is 27.1 Å². The van der Waals surface area contributed by atoms with E-state index < -0.39 is 40.0 Å². The van der Waals surface area contributed by atoms with Gasteiger partial charge in [0.15, 0.2) is 17.3 Å². The molecule has 2 aromatic heterocycles. The molecule has 2 heterocycles. The number of azo groups is 1. The summed E-state index contributed by atoms with van der Waals surface area (Å²) in [6.45, 7) is 25.7. The van der Waals surface area contributed by atoms with E-state index in [0.29, 0.717) is 17.0 Å². The zero-order chi connectivity index (χ0) is 51.8. The number of hydrogen-bond acceptors (Lipinski definition) is 12. The van der Waals surface area contributed by atoms with Gasteiger partial charge in [0.2, 0.25) is 11.1 Å². The largest absolute Gasteiger partial charge is 0.462 e. The van der Waals surface area contributed by atoms with Crippen molar-refractivity contribution in [1.82, 2.24) is 19.9 Å². The van der Waals surface area contributed by atoms with Crippen molar-refractivity contribution in [1.29, 1.82) is 0 Å². The number of nitrogens with zero attached hydrogens (tertiary/aromatic N) is 6. The van der Waals surface area contributed by atoms with E-state index in [1.54, 1.807) is 24.3 Å². The molecule has 5 aromatic rings. The van der Waals surface area contributed by atoms with Gasteiger partial charge in [0.1, 0.15) is 22.4 Å². The van der Waals surface area contributed by atoms with Gasteiger partial charge in [-0.2, -0.15) is 0 Å². The summed E-state index contributed by atoms with van der Waals surface area (Å²) in [4.78, 5) is 61.9. The fourth-order valence-corrected chi connectivity index (χ4v) is 9.75. The first-order chi connectivity index (χ1) is 33.6. The maximum Gasteiger partial charge on any atom is 0.338 e. The lowest BCUT2D eigenvalue weighted by Gasteiger charge is -2.50. The summed E-state index contributed by atoms with van der Waals surface area (Å²) >= 11 is 4.40. The van der Waals surface area contributed by atoms with Crippen molar-refractivity contribution in [2.45, 2.75) is 119 Å². The number of unbranched alkanes of at least 4 members (excludes halogenated alkanes) is 5. The van der Waals surface area contributed by atoms with Crippen molar-refractivity contribution in [2.24, 2.45) is 38.8 Å². The molecule has 3 atom stereocenters. The minimum atomic E-state index is -1.76. The number of nitrogens with one attached hydrogen (secondary N) is 2. The van der Waals surface area contributed by atoms with Gasteiger partial charge in [-0.15, -0.1) is 10.2 Å². The molecule has 2 N–H and O–H groups in total. The Labute approximate surface area is 422 Å². The third kappa shape index (κ3) is 13.1. The van der Waals surface area contributed by atoms with Crippen molar-refractivity contribution < 1.29 is 37.2 Å². The van der Waals surface area contributed by atoms with Gasteiger partial charge in [-0.25, -0.2) is 28.1 Å². The number of fused-ring (bicyclic) bond motifs is 1. The van der Waals surface area contributed by atoms with Gasteiger partial charge in [0.25, 0.3) is 17.3 Å². The Hall–Kier alpha value is -6.45. The molecule has 1 fully saturated rings. The minimum absolute atomic E-state index is 0.0104. The standard InChI is InChI=1S/C52H63ClN8O9S/c1-11-12-13-14-15-18-25-68-49(63)35-20-17-16-19-33(35)30-55-48(62)36-29-34(70-71(10)67)22-24-40(36)57-58-47-43(54-9)42(46-56-45(59-60(46)47)32-21-23-39(53)41(28-32)61(65)66)50(64)69-44-37(51(3,4)5)26-31(2)27-38(44)52(6,7)8/h16-17,19-24,28-29,31,37-38,44H,11-15,18,25-27,30H2,1-8,10H3,(H,55,62)(H,56,59). The predicted octanol–water partition coefficient (Wildman–Crippen LogP) is 13.3. The molecule has 0 bridgehead atoms. The second kappa shape index (κ2) is 23.2. The molecule has 0 radical (unpaired) electrons. The summed E-state index contributed by atoms with van der Waals surface area (Å²) in [5, 5.41) is 26.6. The summed E-state index contributed by atoms with van der Waals surface area (Å²) in [5.74, 6) is -1.69. The molecule has 6 rings (SSSR count). The Balaban J connectivity index is 1.39. The van der Waals surface area contributed by atoms with Crippen LogP contribution >= 0.6 is 11.6 Å². The molecule has 3 unspecified atom stereocenters. The topological polar surface area (TPSA) is 213 Å².